The molecule has 0 saturated carbocycles. The van der Waals surface area contributed by atoms with Gasteiger partial charge in [-0.05, 0) is 50.6 Å². The van der Waals surface area contributed by atoms with E-state index in [-0.39, 0.29) is 11.7 Å². The van der Waals surface area contributed by atoms with Crippen molar-refractivity contribution in [1.82, 2.24) is 24.8 Å². The van der Waals surface area contributed by atoms with Crippen molar-refractivity contribution in [1.29, 1.82) is 0 Å². The zero-order valence-electron chi connectivity index (χ0n) is 21.9. The van der Waals surface area contributed by atoms with Gasteiger partial charge in [-0.2, -0.15) is 0 Å². The van der Waals surface area contributed by atoms with Gasteiger partial charge >= 0.3 is 0 Å². The molecule has 1 saturated heterocycles. The molecule has 4 rings (SSSR count). The quantitative estimate of drug-likeness (QED) is 0.219. The maximum atomic E-state index is 12.7. The molecule has 10 heteroatoms. The van der Waals surface area contributed by atoms with E-state index >= 15 is 0 Å². The number of piperazine rings is 1. The van der Waals surface area contributed by atoms with Crippen LogP contribution in [0, 0.1) is 0 Å². The van der Waals surface area contributed by atoms with Crippen molar-refractivity contribution in [3.05, 3.63) is 54.6 Å². The van der Waals surface area contributed by atoms with Gasteiger partial charge in [0, 0.05) is 74.9 Å². The number of unbranched alkanes of at least 4 members (excludes halogenated alkanes) is 1. The van der Waals surface area contributed by atoms with Gasteiger partial charge in [0.15, 0.2) is 5.16 Å². The van der Waals surface area contributed by atoms with Crippen LogP contribution in [0.1, 0.15) is 44.2 Å². The summed E-state index contributed by atoms with van der Waals surface area (Å²) in [6, 6.07) is 12.2. The SMILES string of the molecule is CCCCSc1nc(Nc2ccc(N(CC)CC)cc2)cc(N2CCN(C(=O)c3ncccn3)CC2)n1. The number of carbonyl (C=O) groups excluding carboxylic acids is 1. The fourth-order valence-electron chi connectivity index (χ4n) is 4.19. The highest BCUT2D eigenvalue weighted by molar-refractivity contribution is 7.99. The van der Waals surface area contributed by atoms with Crippen LogP contribution in [0.15, 0.2) is 53.9 Å². The molecule has 0 bridgehead atoms. The van der Waals surface area contributed by atoms with Gasteiger partial charge in [-0.1, -0.05) is 25.1 Å². The van der Waals surface area contributed by atoms with Crippen LogP contribution in [0.2, 0.25) is 0 Å². The third kappa shape index (κ3) is 7.09. The van der Waals surface area contributed by atoms with Crippen LogP contribution >= 0.6 is 11.8 Å². The molecule has 0 spiro atoms. The summed E-state index contributed by atoms with van der Waals surface area (Å²) < 4.78 is 0. The summed E-state index contributed by atoms with van der Waals surface area (Å²) in [5, 5.41) is 4.24. The first-order valence-electron chi connectivity index (χ1n) is 13.1. The lowest BCUT2D eigenvalue weighted by molar-refractivity contribution is 0.0734. The number of aromatic nitrogens is 4. The Bertz CT molecular complexity index is 1130. The van der Waals surface area contributed by atoms with E-state index < -0.39 is 0 Å². The van der Waals surface area contributed by atoms with E-state index in [0.717, 1.165) is 54.2 Å². The molecule has 0 radical (unpaired) electrons. The zero-order chi connectivity index (χ0) is 26.0. The first-order valence-corrected chi connectivity index (χ1v) is 14.0. The minimum Gasteiger partial charge on any atom is -0.372 e. The number of hydrogen-bond donors (Lipinski definition) is 1. The van der Waals surface area contributed by atoms with Crippen LogP contribution in [0.4, 0.5) is 23.0 Å². The molecule has 37 heavy (non-hydrogen) atoms. The lowest BCUT2D eigenvalue weighted by Crippen LogP contribution is -2.49. The maximum absolute atomic E-state index is 12.7. The van der Waals surface area contributed by atoms with Crippen molar-refractivity contribution < 1.29 is 4.79 Å². The van der Waals surface area contributed by atoms with E-state index in [9.17, 15) is 4.79 Å². The Morgan fingerprint density at radius 1 is 1.00 bits per heavy atom. The Morgan fingerprint density at radius 3 is 2.35 bits per heavy atom. The van der Waals surface area contributed by atoms with Gasteiger partial charge in [-0.25, -0.2) is 19.9 Å². The van der Waals surface area contributed by atoms with Crippen molar-refractivity contribution in [2.75, 3.05) is 60.1 Å². The smallest absolute Gasteiger partial charge is 0.291 e. The van der Waals surface area contributed by atoms with Gasteiger partial charge in [0.25, 0.3) is 5.91 Å². The summed E-state index contributed by atoms with van der Waals surface area (Å²) in [6.07, 6.45) is 5.45. The Hall–Kier alpha value is -3.40. The van der Waals surface area contributed by atoms with E-state index in [1.165, 1.54) is 5.69 Å². The highest BCUT2D eigenvalue weighted by Gasteiger charge is 2.25. The number of nitrogens with one attached hydrogen (secondary N) is 1. The van der Waals surface area contributed by atoms with Crippen molar-refractivity contribution in [3.63, 3.8) is 0 Å². The van der Waals surface area contributed by atoms with Gasteiger partial charge in [-0.15, -0.1) is 0 Å². The Kier molecular flexibility index (Phi) is 9.53. The number of rotatable bonds is 11. The number of hydrogen-bond acceptors (Lipinski definition) is 9. The summed E-state index contributed by atoms with van der Waals surface area (Å²) in [6.45, 7) is 11.0. The molecule has 0 aliphatic carbocycles. The summed E-state index contributed by atoms with van der Waals surface area (Å²) >= 11 is 1.69. The van der Waals surface area contributed by atoms with Crippen molar-refractivity contribution in [2.45, 2.75) is 38.8 Å². The molecule has 1 fully saturated rings. The molecule has 9 nitrogen and oxygen atoms in total. The van der Waals surface area contributed by atoms with Crippen molar-refractivity contribution >= 4 is 40.7 Å². The van der Waals surface area contributed by atoms with E-state index in [1.54, 1.807) is 35.1 Å². The highest BCUT2D eigenvalue weighted by atomic mass is 32.2. The second-order valence-electron chi connectivity index (χ2n) is 8.79. The minimum absolute atomic E-state index is 0.130. The molecule has 2 aromatic heterocycles. The van der Waals surface area contributed by atoms with Crippen LogP contribution < -0.4 is 15.1 Å². The van der Waals surface area contributed by atoms with Crippen molar-refractivity contribution in [3.8, 4) is 0 Å². The highest BCUT2D eigenvalue weighted by Crippen LogP contribution is 2.27. The fourth-order valence-corrected chi connectivity index (χ4v) is 5.13. The molecule has 0 unspecified atom stereocenters. The number of nitrogens with zero attached hydrogens (tertiary/aromatic N) is 7. The van der Waals surface area contributed by atoms with Gasteiger partial charge < -0.3 is 20.0 Å². The fraction of sp³-hybridized carbons (Fsp3) is 0.444. The predicted molar refractivity (Wildman–Crippen MR) is 151 cm³/mol. The molecule has 1 aliphatic heterocycles. The lowest BCUT2D eigenvalue weighted by Gasteiger charge is -2.35. The standard InChI is InChI=1S/C27H36N8OS/c1-4-7-19-37-27-31-23(30-21-9-11-22(12-10-21)33(5-2)6-3)20-24(32-27)34-15-17-35(18-16-34)26(36)25-28-13-8-14-29-25/h8-14,20H,4-7,15-19H2,1-3H3,(H,30,31,32). The summed E-state index contributed by atoms with van der Waals surface area (Å²) in [7, 11) is 0. The molecule has 1 aliphatic rings. The van der Waals surface area contributed by atoms with Crippen LogP contribution in [0.25, 0.3) is 0 Å². The first-order chi connectivity index (χ1) is 18.1. The first kappa shape index (κ1) is 26.7. The zero-order valence-corrected chi connectivity index (χ0v) is 22.7. The topological polar surface area (TPSA) is 90.4 Å². The Labute approximate surface area is 223 Å². The molecule has 1 aromatic carbocycles. The normalized spacial score (nSPS) is 13.5. The van der Waals surface area contributed by atoms with Crippen LogP contribution in [-0.2, 0) is 0 Å². The van der Waals surface area contributed by atoms with Gasteiger partial charge in [0.05, 0.1) is 0 Å². The molecule has 1 N–H and O–H groups in total. The summed E-state index contributed by atoms with van der Waals surface area (Å²) in [4.78, 5) is 37.0. The molecule has 0 atom stereocenters. The average Bonchev–Trinajstić information content (AvgIpc) is 2.95. The molecule has 1 amide bonds. The minimum atomic E-state index is -0.130. The monoisotopic (exact) mass is 520 g/mol. The lowest BCUT2D eigenvalue weighted by atomic mass is 10.2. The van der Waals surface area contributed by atoms with E-state index in [1.807, 2.05) is 6.07 Å². The van der Waals surface area contributed by atoms with Crippen LogP contribution in [0.3, 0.4) is 0 Å². The molecular formula is C27H36N8OS. The number of anilines is 4. The van der Waals surface area contributed by atoms with E-state index in [2.05, 4.69) is 70.1 Å². The Morgan fingerprint density at radius 2 is 1.70 bits per heavy atom. The van der Waals surface area contributed by atoms with Crippen molar-refractivity contribution in [2.24, 2.45) is 0 Å². The third-order valence-electron chi connectivity index (χ3n) is 6.34. The summed E-state index contributed by atoms with van der Waals surface area (Å²) in [5.41, 5.74) is 2.20. The van der Waals surface area contributed by atoms with Crippen LogP contribution in [0.5, 0.6) is 0 Å². The molecular weight excluding hydrogens is 484 g/mol. The van der Waals surface area contributed by atoms with Gasteiger partial charge in [0.2, 0.25) is 5.82 Å². The van der Waals surface area contributed by atoms with E-state index in [0.29, 0.717) is 26.2 Å². The second-order valence-corrected chi connectivity index (χ2v) is 9.85. The number of amides is 1. The molecule has 196 valence electrons. The average molecular weight is 521 g/mol. The van der Waals surface area contributed by atoms with E-state index in [4.69, 9.17) is 9.97 Å². The number of carbonyl (C=O) groups is 1. The molecule has 3 aromatic rings. The largest absolute Gasteiger partial charge is 0.372 e. The van der Waals surface area contributed by atoms with Crippen LogP contribution in [-0.4, -0.2) is 75.8 Å². The predicted octanol–water partition coefficient (Wildman–Crippen LogP) is 4.71. The maximum Gasteiger partial charge on any atom is 0.291 e. The second kappa shape index (κ2) is 13.2. The summed E-state index contributed by atoms with van der Waals surface area (Å²) in [5.74, 6) is 2.74. The third-order valence-corrected chi connectivity index (χ3v) is 7.27. The number of thioether (sulfide) groups is 1. The Balaban J connectivity index is 1.47. The number of benzene rings is 1. The molecule has 3 heterocycles. The van der Waals surface area contributed by atoms with Gasteiger partial charge in [-0.3, -0.25) is 4.79 Å². The van der Waals surface area contributed by atoms with Gasteiger partial charge in [0.1, 0.15) is 11.6 Å².